The predicted octanol–water partition coefficient (Wildman–Crippen LogP) is 3.36. The molecule has 2 aromatic rings. The van der Waals surface area contributed by atoms with Crippen molar-refractivity contribution in [1.82, 2.24) is 0 Å². The maximum Gasteiger partial charge on any atom is 0.277 e. The lowest BCUT2D eigenvalue weighted by Gasteiger charge is -2.08. The maximum absolute atomic E-state index is 12.9. The van der Waals surface area contributed by atoms with Gasteiger partial charge < -0.3 is 0 Å². The predicted molar refractivity (Wildman–Crippen MR) is 72.6 cm³/mol. The molecule has 0 saturated heterocycles. The summed E-state index contributed by atoms with van der Waals surface area (Å²) in [6.07, 6.45) is 1.78. The molecule has 0 atom stereocenters. The average Bonchev–Trinajstić information content (AvgIpc) is 2.46. The number of benzene rings is 2. The van der Waals surface area contributed by atoms with Crippen molar-refractivity contribution in [2.75, 3.05) is 0 Å². The van der Waals surface area contributed by atoms with Crippen LogP contribution in [0.5, 0.6) is 0 Å². The van der Waals surface area contributed by atoms with Crippen molar-refractivity contribution in [3.8, 4) is 0 Å². The van der Waals surface area contributed by atoms with Crippen LogP contribution in [0.25, 0.3) is 5.57 Å². The van der Waals surface area contributed by atoms with E-state index in [2.05, 4.69) is 0 Å². The lowest BCUT2D eigenvalue weighted by atomic mass is 9.96. The van der Waals surface area contributed by atoms with Gasteiger partial charge in [0.05, 0.1) is 10.5 Å². The van der Waals surface area contributed by atoms with Gasteiger partial charge in [-0.2, -0.15) is 0 Å². The van der Waals surface area contributed by atoms with E-state index in [4.69, 9.17) is 0 Å². The van der Waals surface area contributed by atoms with Crippen molar-refractivity contribution in [2.24, 2.45) is 0 Å². The van der Waals surface area contributed by atoms with Crippen molar-refractivity contribution < 1.29 is 14.1 Å². The van der Waals surface area contributed by atoms with Gasteiger partial charge in [-0.05, 0) is 35.4 Å². The quantitative estimate of drug-likeness (QED) is 0.371. The number of para-hydroxylation sites is 1. The maximum atomic E-state index is 12.9. The van der Waals surface area contributed by atoms with Gasteiger partial charge in [-0.15, -0.1) is 0 Å². The number of nitro benzene ring substituents is 1. The fraction of sp³-hybridized carbons (Fsp3) is 0. The topological polar surface area (TPSA) is 60.2 Å². The molecule has 0 spiro atoms. The van der Waals surface area contributed by atoms with Crippen LogP contribution in [0.1, 0.15) is 11.1 Å². The Morgan fingerprint density at radius 1 is 1.10 bits per heavy atom. The molecule has 0 amide bonds. The SMILES string of the molecule is O=C/C=C(\c1ccc(F)cc1)c1ccccc1[N+](=O)[O-]. The van der Waals surface area contributed by atoms with E-state index in [-0.39, 0.29) is 5.69 Å². The van der Waals surface area contributed by atoms with Gasteiger partial charge in [0.1, 0.15) is 12.1 Å². The summed E-state index contributed by atoms with van der Waals surface area (Å²) in [5.74, 6) is -0.415. The van der Waals surface area contributed by atoms with Crippen LogP contribution in [0.3, 0.4) is 0 Å². The van der Waals surface area contributed by atoms with E-state index in [1.165, 1.54) is 36.4 Å². The minimum absolute atomic E-state index is 0.107. The normalized spacial score (nSPS) is 11.2. The first-order valence-corrected chi connectivity index (χ1v) is 5.78. The van der Waals surface area contributed by atoms with Crippen molar-refractivity contribution in [2.45, 2.75) is 0 Å². The van der Waals surface area contributed by atoms with E-state index in [1.807, 2.05) is 0 Å². The lowest BCUT2D eigenvalue weighted by molar-refractivity contribution is -0.385. The minimum atomic E-state index is -0.516. The molecule has 0 aliphatic carbocycles. The van der Waals surface area contributed by atoms with Crippen LogP contribution in [-0.2, 0) is 4.79 Å². The zero-order chi connectivity index (χ0) is 14.5. The molecule has 0 N–H and O–H groups in total. The molecule has 0 aliphatic rings. The molecule has 0 saturated carbocycles. The molecule has 0 aliphatic heterocycles. The summed E-state index contributed by atoms with van der Waals surface area (Å²) in [5, 5.41) is 11.0. The van der Waals surface area contributed by atoms with Crippen LogP contribution in [0.4, 0.5) is 10.1 Å². The van der Waals surface area contributed by atoms with Gasteiger partial charge in [-0.1, -0.05) is 24.3 Å². The van der Waals surface area contributed by atoms with Gasteiger partial charge in [0.25, 0.3) is 5.69 Å². The Kier molecular flexibility index (Phi) is 4.00. The van der Waals surface area contributed by atoms with Crippen LogP contribution in [0, 0.1) is 15.9 Å². The Labute approximate surface area is 114 Å². The van der Waals surface area contributed by atoms with Gasteiger partial charge in [0, 0.05) is 6.07 Å². The summed E-state index contributed by atoms with van der Waals surface area (Å²) in [4.78, 5) is 21.3. The molecule has 2 rings (SSSR count). The number of rotatable bonds is 4. The third-order valence-corrected chi connectivity index (χ3v) is 2.78. The molecule has 5 heteroatoms. The Bertz CT molecular complexity index is 678. The molecule has 0 unspecified atom stereocenters. The summed E-state index contributed by atoms with van der Waals surface area (Å²) < 4.78 is 12.9. The van der Waals surface area contributed by atoms with E-state index >= 15 is 0 Å². The molecule has 2 aromatic carbocycles. The van der Waals surface area contributed by atoms with Crippen molar-refractivity contribution in [3.05, 3.63) is 81.7 Å². The van der Waals surface area contributed by atoms with Gasteiger partial charge in [-0.3, -0.25) is 14.9 Å². The molecule has 4 nitrogen and oxygen atoms in total. The van der Waals surface area contributed by atoms with E-state index in [9.17, 15) is 19.3 Å². The summed E-state index contributed by atoms with van der Waals surface area (Å²) >= 11 is 0. The highest BCUT2D eigenvalue weighted by molar-refractivity contribution is 5.92. The number of allylic oxidation sites excluding steroid dienone is 1. The second-order valence-corrected chi connectivity index (χ2v) is 4.00. The second-order valence-electron chi connectivity index (χ2n) is 4.00. The molecule has 100 valence electrons. The molecular weight excluding hydrogens is 261 g/mol. The zero-order valence-electron chi connectivity index (χ0n) is 10.3. The second kappa shape index (κ2) is 5.88. The number of aldehydes is 1. The number of nitrogens with zero attached hydrogens (tertiary/aromatic N) is 1. The summed E-state index contributed by atoms with van der Waals surface area (Å²) in [5.41, 5.74) is 1.13. The third-order valence-electron chi connectivity index (χ3n) is 2.78. The van der Waals surface area contributed by atoms with E-state index < -0.39 is 10.7 Å². The monoisotopic (exact) mass is 271 g/mol. The Morgan fingerprint density at radius 2 is 1.75 bits per heavy atom. The number of halogens is 1. The highest BCUT2D eigenvalue weighted by Gasteiger charge is 2.17. The number of carbonyl (C=O) groups excluding carboxylic acids is 1. The Morgan fingerprint density at radius 3 is 2.35 bits per heavy atom. The van der Waals surface area contributed by atoms with Crippen LogP contribution in [0.15, 0.2) is 54.6 Å². The molecule has 20 heavy (non-hydrogen) atoms. The van der Waals surface area contributed by atoms with Crippen molar-refractivity contribution in [3.63, 3.8) is 0 Å². The Balaban J connectivity index is 2.61. The van der Waals surface area contributed by atoms with Gasteiger partial charge in [-0.25, -0.2) is 4.39 Å². The standard InChI is InChI=1S/C15H10FNO3/c16-12-7-5-11(6-8-12)13(9-10-18)14-3-1-2-4-15(14)17(19)20/h1-10H/b13-9+. The fourth-order valence-electron chi connectivity index (χ4n) is 1.90. The average molecular weight is 271 g/mol. The van der Waals surface area contributed by atoms with E-state index in [1.54, 1.807) is 18.2 Å². The molecule has 0 radical (unpaired) electrons. The smallest absolute Gasteiger partial charge is 0.277 e. The number of hydrogen-bond acceptors (Lipinski definition) is 3. The minimum Gasteiger partial charge on any atom is -0.299 e. The van der Waals surface area contributed by atoms with Crippen molar-refractivity contribution in [1.29, 1.82) is 0 Å². The van der Waals surface area contributed by atoms with Gasteiger partial charge in [0.2, 0.25) is 0 Å². The number of hydrogen-bond donors (Lipinski definition) is 0. The van der Waals surface area contributed by atoms with Crippen LogP contribution < -0.4 is 0 Å². The number of carbonyl (C=O) groups is 1. The first kappa shape index (κ1) is 13.6. The van der Waals surface area contributed by atoms with E-state index in [0.29, 0.717) is 23.0 Å². The summed E-state index contributed by atoms with van der Waals surface area (Å²) in [6, 6.07) is 11.5. The van der Waals surface area contributed by atoms with Crippen LogP contribution in [0.2, 0.25) is 0 Å². The van der Waals surface area contributed by atoms with Crippen LogP contribution >= 0.6 is 0 Å². The number of nitro groups is 1. The molecule has 0 heterocycles. The molecule has 0 aromatic heterocycles. The molecular formula is C15H10FNO3. The molecule has 0 fully saturated rings. The lowest BCUT2D eigenvalue weighted by Crippen LogP contribution is -1.96. The summed E-state index contributed by atoms with van der Waals surface area (Å²) in [7, 11) is 0. The highest BCUT2D eigenvalue weighted by atomic mass is 19.1. The van der Waals surface area contributed by atoms with Crippen LogP contribution in [-0.4, -0.2) is 11.2 Å². The van der Waals surface area contributed by atoms with E-state index in [0.717, 1.165) is 0 Å². The highest BCUT2D eigenvalue weighted by Crippen LogP contribution is 2.30. The van der Waals surface area contributed by atoms with Crippen molar-refractivity contribution >= 4 is 17.5 Å². The Hall–Kier alpha value is -2.82. The zero-order valence-corrected chi connectivity index (χ0v) is 10.3. The summed E-state index contributed by atoms with van der Waals surface area (Å²) in [6.45, 7) is 0. The first-order chi connectivity index (χ1) is 9.63. The largest absolute Gasteiger partial charge is 0.299 e. The van der Waals surface area contributed by atoms with Gasteiger partial charge >= 0.3 is 0 Å². The molecule has 0 bridgehead atoms. The third kappa shape index (κ3) is 2.77. The van der Waals surface area contributed by atoms with Gasteiger partial charge in [0.15, 0.2) is 0 Å². The first-order valence-electron chi connectivity index (χ1n) is 5.78. The fourth-order valence-corrected chi connectivity index (χ4v) is 1.90.